The first kappa shape index (κ1) is 11.8. The summed E-state index contributed by atoms with van der Waals surface area (Å²) in [6.45, 7) is 0.859. The van der Waals surface area contributed by atoms with Gasteiger partial charge >= 0.3 is 0 Å². The number of nitrogens with two attached hydrogens (primary N) is 1. The van der Waals surface area contributed by atoms with Crippen LogP contribution in [0.15, 0.2) is 24.3 Å². The molecule has 0 aliphatic carbocycles. The van der Waals surface area contributed by atoms with Crippen LogP contribution in [0, 0.1) is 12.3 Å². The highest BCUT2D eigenvalue weighted by molar-refractivity contribution is 5.85. The molecule has 2 N–H and O–H groups in total. The highest BCUT2D eigenvalue weighted by Crippen LogP contribution is 2.11. The van der Waals surface area contributed by atoms with Crippen molar-refractivity contribution < 1.29 is 4.74 Å². The fourth-order valence-electron chi connectivity index (χ4n) is 0.847. The zero-order chi connectivity index (χ0) is 8.81. The minimum absolute atomic E-state index is 0. The van der Waals surface area contributed by atoms with Gasteiger partial charge in [-0.05, 0) is 17.7 Å². The molecule has 3 heteroatoms. The molecule has 1 aromatic rings. The molecule has 0 unspecified atom stereocenters. The van der Waals surface area contributed by atoms with E-state index in [0.717, 1.165) is 11.3 Å². The lowest BCUT2D eigenvalue weighted by Gasteiger charge is -2.02. The fourth-order valence-corrected chi connectivity index (χ4v) is 0.847. The summed E-state index contributed by atoms with van der Waals surface area (Å²) in [5.74, 6) is 3.18. The summed E-state index contributed by atoms with van der Waals surface area (Å²) in [5.41, 5.74) is 6.51. The van der Waals surface area contributed by atoms with Crippen LogP contribution >= 0.6 is 12.4 Å². The Kier molecular flexibility index (Phi) is 5.79. The van der Waals surface area contributed by atoms with E-state index in [-0.39, 0.29) is 12.4 Å². The molecule has 1 aromatic carbocycles. The van der Waals surface area contributed by atoms with Gasteiger partial charge in [0.25, 0.3) is 0 Å². The van der Waals surface area contributed by atoms with Gasteiger partial charge in [-0.1, -0.05) is 18.1 Å². The summed E-state index contributed by atoms with van der Waals surface area (Å²) in [6, 6.07) is 7.57. The molecule has 0 heterocycles. The Hall–Kier alpha value is -1.17. The number of terminal acetylenes is 1. The normalized spacial score (nSPS) is 8.31. The largest absolute Gasteiger partial charge is 0.481 e. The molecule has 0 bridgehead atoms. The second-order valence-corrected chi connectivity index (χ2v) is 2.34. The third-order valence-corrected chi connectivity index (χ3v) is 1.48. The molecule has 0 saturated heterocycles. The van der Waals surface area contributed by atoms with Gasteiger partial charge in [-0.15, -0.1) is 18.8 Å². The van der Waals surface area contributed by atoms with Gasteiger partial charge in [0, 0.05) is 6.54 Å². The van der Waals surface area contributed by atoms with Crippen LogP contribution in [-0.4, -0.2) is 6.61 Å². The van der Waals surface area contributed by atoms with Gasteiger partial charge in [0.05, 0.1) is 0 Å². The minimum Gasteiger partial charge on any atom is -0.481 e. The van der Waals surface area contributed by atoms with Gasteiger partial charge in [-0.3, -0.25) is 0 Å². The molecule has 2 nitrogen and oxygen atoms in total. The molecule has 0 amide bonds. The van der Waals surface area contributed by atoms with Crippen molar-refractivity contribution in [3.8, 4) is 18.1 Å². The van der Waals surface area contributed by atoms with Crippen molar-refractivity contribution >= 4 is 12.4 Å². The average Bonchev–Trinajstić information content (AvgIpc) is 2.15. The van der Waals surface area contributed by atoms with E-state index in [1.54, 1.807) is 0 Å². The maximum atomic E-state index is 5.43. The highest BCUT2D eigenvalue weighted by atomic mass is 35.5. The third-order valence-electron chi connectivity index (χ3n) is 1.48. The van der Waals surface area contributed by atoms with Gasteiger partial charge < -0.3 is 10.5 Å². The molecule has 70 valence electrons. The molecule has 0 aliphatic rings. The van der Waals surface area contributed by atoms with E-state index in [2.05, 4.69) is 5.92 Å². The Morgan fingerprint density at radius 2 is 1.92 bits per heavy atom. The van der Waals surface area contributed by atoms with Crippen molar-refractivity contribution in [2.45, 2.75) is 6.54 Å². The maximum Gasteiger partial charge on any atom is 0.148 e. The predicted octanol–water partition coefficient (Wildman–Crippen LogP) is 1.58. The number of ether oxygens (including phenoxy) is 1. The molecule has 0 aromatic heterocycles. The van der Waals surface area contributed by atoms with E-state index in [1.807, 2.05) is 24.3 Å². The van der Waals surface area contributed by atoms with Crippen molar-refractivity contribution in [2.75, 3.05) is 6.61 Å². The lowest BCUT2D eigenvalue weighted by molar-refractivity contribution is 0.370. The topological polar surface area (TPSA) is 35.2 Å². The van der Waals surface area contributed by atoms with Crippen LogP contribution in [0.25, 0.3) is 0 Å². The summed E-state index contributed by atoms with van der Waals surface area (Å²) in [7, 11) is 0. The zero-order valence-electron chi connectivity index (χ0n) is 7.19. The van der Waals surface area contributed by atoms with Crippen molar-refractivity contribution in [2.24, 2.45) is 5.73 Å². The van der Waals surface area contributed by atoms with Gasteiger partial charge in [-0.2, -0.15) is 0 Å². The van der Waals surface area contributed by atoms with Crippen LogP contribution in [0.2, 0.25) is 0 Å². The van der Waals surface area contributed by atoms with E-state index >= 15 is 0 Å². The number of hydrogen-bond acceptors (Lipinski definition) is 2. The molecule has 0 aliphatic heterocycles. The molecule has 0 radical (unpaired) electrons. The van der Waals surface area contributed by atoms with Gasteiger partial charge in [0.1, 0.15) is 12.4 Å². The highest BCUT2D eigenvalue weighted by Gasteiger charge is 1.91. The van der Waals surface area contributed by atoms with Crippen molar-refractivity contribution in [1.82, 2.24) is 0 Å². The molecule has 0 saturated carbocycles. The van der Waals surface area contributed by atoms with Crippen LogP contribution < -0.4 is 10.5 Å². The number of benzene rings is 1. The Labute approximate surface area is 84.5 Å². The van der Waals surface area contributed by atoms with Crippen molar-refractivity contribution in [3.63, 3.8) is 0 Å². The van der Waals surface area contributed by atoms with E-state index in [4.69, 9.17) is 16.9 Å². The zero-order valence-corrected chi connectivity index (χ0v) is 8.01. The summed E-state index contributed by atoms with van der Waals surface area (Å²) >= 11 is 0. The number of hydrogen-bond donors (Lipinski definition) is 1. The van der Waals surface area contributed by atoms with E-state index in [1.165, 1.54) is 0 Å². The first-order chi connectivity index (χ1) is 5.86. The van der Waals surface area contributed by atoms with Gasteiger partial charge in [0.2, 0.25) is 0 Å². The number of rotatable bonds is 3. The van der Waals surface area contributed by atoms with Crippen LogP contribution in [-0.2, 0) is 6.54 Å². The van der Waals surface area contributed by atoms with E-state index in [0.29, 0.717) is 13.2 Å². The SMILES string of the molecule is C#CCOc1ccc(CN)cc1.Cl. The summed E-state index contributed by atoms with van der Waals surface area (Å²) in [4.78, 5) is 0. The van der Waals surface area contributed by atoms with Crippen LogP contribution in [0.1, 0.15) is 5.56 Å². The van der Waals surface area contributed by atoms with Crippen LogP contribution in [0.4, 0.5) is 0 Å². The van der Waals surface area contributed by atoms with Gasteiger partial charge in [0.15, 0.2) is 0 Å². The lowest BCUT2D eigenvalue weighted by Crippen LogP contribution is -1.97. The number of halogens is 1. The Balaban J connectivity index is 0.00000144. The average molecular weight is 198 g/mol. The Bertz CT molecular complexity index is 276. The second kappa shape index (κ2) is 6.36. The summed E-state index contributed by atoms with van der Waals surface area (Å²) < 4.78 is 5.18. The lowest BCUT2D eigenvalue weighted by atomic mass is 10.2. The Morgan fingerprint density at radius 3 is 2.38 bits per heavy atom. The first-order valence-corrected chi connectivity index (χ1v) is 3.72. The molecule has 0 atom stereocenters. The minimum atomic E-state index is 0. The fraction of sp³-hybridized carbons (Fsp3) is 0.200. The molecule has 1 rings (SSSR count). The summed E-state index contributed by atoms with van der Waals surface area (Å²) in [6.07, 6.45) is 5.04. The third kappa shape index (κ3) is 3.84. The standard InChI is InChI=1S/C10H11NO.ClH/c1-2-7-12-10-5-3-9(8-11)4-6-10;/h1,3-6H,7-8,11H2;1H. The first-order valence-electron chi connectivity index (χ1n) is 3.72. The van der Waals surface area contributed by atoms with E-state index < -0.39 is 0 Å². The molecule has 0 spiro atoms. The van der Waals surface area contributed by atoms with Crippen LogP contribution in [0.3, 0.4) is 0 Å². The smallest absolute Gasteiger partial charge is 0.148 e. The molecule has 0 fully saturated rings. The van der Waals surface area contributed by atoms with Crippen molar-refractivity contribution in [3.05, 3.63) is 29.8 Å². The molecular formula is C10H12ClNO. The monoisotopic (exact) mass is 197 g/mol. The quantitative estimate of drug-likeness (QED) is 0.747. The summed E-state index contributed by atoms with van der Waals surface area (Å²) in [5, 5.41) is 0. The maximum absolute atomic E-state index is 5.43. The second-order valence-electron chi connectivity index (χ2n) is 2.34. The van der Waals surface area contributed by atoms with Gasteiger partial charge in [-0.25, -0.2) is 0 Å². The van der Waals surface area contributed by atoms with Crippen LogP contribution in [0.5, 0.6) is 5.75 Å². The molecule has 13 heavy (non-hydrogen) atoms. The van der Waals surface area contributed by atoms with E-state index in [9.17, 15) is 0 Å². The Morgan fingerprint density at radius 1 is 1.31 bits per heavy atom. The van der Waals surface area contributed by atoms with Crippen molar-refractivity contribution in [1.29, 1.82) is 0 Å². The predicted molar refractivity (Wildman–Crippen MR) is 55.9 cm³/mol. The molecular weight excluding hydrogens is 186 g/mol.